The zero-order chi connectivity index (χ0) is 22.3. The zero-order valence-corrected chi connectivity index (χ0v) is 18.6. The van der Waals surface area contributed by atoms with E-state index in [4.69, 9.17) is 14.2 Å². The molecule has 1 fully saturated rings. The van der Waals surface area contributed by atoms with Crippen LogP contribution < -0.4 is 0 Å². The zero-order valence-electron chi connectivity index (χ0n) is 18.6. The lowest BCUT2D eigenvalue weighted by Gasteiger charge is -2.43. The number of aliphatic hydroxyl groups is 1. The van der Waals surface area contributed by atoms with Crippen LogP contribution in [0, 0.1) is 5.92 Å². The van der Waals surface area contributed by atoms with Gasteiger partial charge in [0.1, 0.15) is 11.7 Å². The van der Waals surface area contributed by atoms with Crippen molar-refractivity contribution < 1.29 is 24.1 Å². The third kappa shape index (κ3) is 7.06. The van der Waals surface area contributed by atoms with Crippen molar-refractivity contribution in [1.29, 1.82) is 0 Å². The third-order valence-corrected chi connectivity index (χ3v) is 5.16. The van der Waals surface area contributed by atoms with Crippen LogP contribution in [0.4, 0.5) is 4.79 Å². The van der Waals surface area contributed by atoms with Crippen molar-refractivity contribution in [3.8, 4) is 0 Å². The van der Waals surface area contributed by atoms with E-state index in [1.54, 1.807) is 4.90 Å². The molecule has 0 spiro atoms. The molecule has 6 heteroatoms. The Kier molecular flexibility index (Phi) is 8.07. The maximum Gasteiger partial charge on any atom is 0.410 e. The number of aliphatic hydroxyl groups excluding tert-OH is 1. The van der Waals surface area contributed by atoms with Gasteiger partial charge in [0.15, 0.2) is 0 Å². The van der Waals surface area contributed by atoms with Gasteiger partial charge in [-0.25, -0.2) is 4.79 Å². The number of piperidine rings is 1. The molecule has 0 saturated carbocycles. The van der Waals surface area contributed by atoms with Gasteiger partial charge in [0.25, 0.3) is 0 Å². The summed E-state index contributed by atoms with van der Waals surface area (Å²) >= 11 is 0. The van der Waals surface area contributed by atoms with Gasteiger partial charge in [-0.3, -0.25) is 0 Å². The van der Waals surface area contributed by atoms with E-state index in [0.29, 0.717) is 26.3 Å². The number of rotatable bonds is 7. The van der Waals surface area contributed by atoms with Crippen molar-refractivity contribution in [2.75, 3.05) is 19.7 Å². The molecule has 1 amide bonds. The van der Waals surface area contributed by atoms with Crippen LogP contribution in [0.5, 0.6) is 0 Å². The van der Waals surface area contributed by atoms with Crippen LogP contribution in [0.3, 0.4) is 0 Å². The van der Waals surface area contributed by atoms with Gasteiger partial charge in [-0.05, 0) is 31.9 Å². The van der Waals surface area contributed by atoms with Gasteiger partial charge in [-0.15, -0.1) is 0 Å². The average Bonchev–Trinajstić information content (AvgIpc) is 2.76. The van der Waals surface area contributed by atoms with E-state index in [1.165, 1.54) is 0 Å². The van der Waals surface area contributed by atoms with Gasteiger partial charge >= 0.3 is 6.09 Å². The lowest BCUT2D eigenvalue weighted by molar-refractivity contribution is -0.149. The Morgan fingerprint density at radius 1 is 0.935 bits per heavy atom. The fourth-order valence-electron chi connectivity index (χ4n) is 3.66. The summed E-state index contributed by atoms with van der Waals surface area (Å²) in [5.74, 6) is -0.272. The van der Waals surface area contributed by atoms with Crippen molar-refractivity contribution in [3.05, 3.63) is 71.8 Å². The quantitative estimate of drug-likeness (QED) is 0.723. The van der Waals surface area contributed by atoms with E-state index < -0.39 is 11.7 Å². The fraction of sp³-hybridized carbons (Fsp3) is 0.480. The first kappa shape index (κ1) is 23.3. The highest BCUT2D eigenvalue weighted by molar-refractivity contribution is 5.68. The molecular formula is C25H33NO5. The molecule has 1 unspecified atom stereocenters. The Morgan fingerprint density at radius 3 is 2.00 bits per heavy atom. The van der Waals surface area contributed by atoms with Crippen LogP contribution in [0.15, 0.2) is 60.7 Å². The number of likely N-dealkylation sites (tertiary alicyclic amines) is 1. The predicted octanol–water partition coefficient (Wildman–Crippen LogP) is 4.02. The molecule has 1 aliphatic rings. The second kappa shape index (κ2) is 10.8. The van der Waals surface area contributed by atoms with Crippen LogP contribution in [-0.4, -0.2) is 53.6 Å². The number of ether oxygens (including phenoxy) is 3. The van der Waals surface area contributed by atoms with Crippen LogP contribution in [0.25, 0.3) is 0 Å². The summed E-state index contributed by atoms with van der Waals surface area (Å²) in [5.41, 5.74) is 1.50. The van der Waals surface area contributed by atoms with Gasteiger partial charge in [0.2, 0.25) is 0 Å². The van der Waals surface area contributed by atoms with Crippen molar-refractivity contribution in [1.82, 2.24) is 4.90 Å². The second-order valence-electron chi connectivity index (χ2n) is 8.92. The van der Waals surface area contributed by atoms with Crippen LogP contribution in [-0.2, 0) is 27.4 Å². The fourth-order valence-corrected chi connectivity index (χ4v) is 3.66. The van der Waals surface area contributed by atoms with Crippen LogP contribution in [0.1, 0.15) is 31.9 Å². The van der Waals surface area contributed by atoms with Crippen molar-refractivity contribution in [2.24, 2.45) is 5.92 Å². The Bertz CT molecular complexity index is 806. The molecular weight excluding hydrogens is 394 g/mol. The van der Waals surface area contributed by atoms with Crippen molar-refractivity contribution >= 4 is 6.09 Å². The SMILES string of the molecule is CC(C)(C)OC(=O)N1CC(CO)[C@@H](OCc2ccccc2)[C@H](OCc2ccccc2)C1. The minimum atomic E-state index is -0.590. The minimum absolute atomic E-state index is 0.107. The van der Waals surface area contributed by atoms with Crippen LogP contribution in [0.2, 0.25) is 0 Å². The number of nitrogens with zero attached hydrogens (tertiary/aromatic N) is 1. The molecule has 1 heterocycles. The van der Waals surface area contributed by atoms with Crippen molar-refractivity contribution in [3.63, 3.8) is 0 Å². The number of hydrogen-bond donors (Lipinski definition) is 1. The lowest BCUT2D eigenvalue weighted by Crippen LogP contribution is -2.57. The Balaban J connectivity index is 1.74. The first-order valence-corrected chi connectivity index (χ1v) is 10.8. The monoisotopic (exact) mass is 427 g/mol. The van der Waals surface area contributed by atoms with E-state index >= 15 is 0 Å². The molecule has 6 nitrogen and oxygen atoms in total. The summed E-state index contributed by atoms with van der Waals surface area (Å²) in [5, 5.41) is 10.1. The van der Waals surface area contributed by atoms with E-state index in [0.717, 1.165) is 11.1 Å². The maximum atomic E-state index is 12.7. The molecule has 3 atom stereocenters. The second-order valence-corrected chi connectivity index (χ2v) is 8.92. The molecule has 31 heavy (non-hydrogen) atoms. The maximum absolute atomic E-state index is 12.7. The average molecular weight is 428 g/mol. The third-order valence-electron chi connectivity index (χ3n) is 5.16. The molecule has 0 radical (unpaired) electrons. The van der Waals surface area contributed by atoms with E-state index in [9.17, 15) is 9.90 Å². The Morgan fingerprint density at radius 2 is 1.48 bits per heavy atom. The van der Waals surface area contributed by atoms with Gasteiger partial charge in [-0.1, -0.05) is 60.7 Å². The first-order chi connectivity index (χ1) is 14.9. The number of amides is 1. The van der Waals surface area contributed by atoms with E-state index in [-0.39, 0.29) is 24.7 Å². The molecule has 0 aliphatic carbocycles. The van der Waals surface area contributed by atoms with Crippen molar-refractivity contribution in [2.45, 2.75) is 51.8 Å². The molecule has 3 rings (SSSR count). The van der Waals surface area contributed by atoms with Gasteiger partial charge in [0, 0.05) is 12.5 Å². The summed E-state index contributed by atoms with van der Waals surface area (Å²) < 4.78 is 18.0. The molecule has 168 valence electrons. The van der Waals surface area contributed by atoms with Crippen LogP contribution >= 0.6 is 0 Å². The number of hydrogen-bond acceptors (Lipinski definition) is 5. The molecule has 1 N–H and O–H groups in total. The summed E-state index contributed by atoms with van der Waals surface area (Å²) in [7, 11) is 0. The van der Waals surface area contributed by atoms with Gasteiger partial charge in [-0.2, -0.15) is 0 Å². The highest BCUT2D eigenvalue weighted by Crippen LogP contribution is 2.26. The summed E-state index contributed by atoms with van der Waals surface area (Å²) in [6.45, 7) is 6.93. The van der Waals surface area contributed by atoms with Gasteiger partial charge < -0.3 is 24.2 Å². The standard InChI is InChI=1S/C25H33NO5/c1-25(2,3)31-24(28)26-14-21(16-27)23(30-18-20-12-8-5-9-13-20)22(15-26)29-17-19-10-6-4-7-11-19/h4-13,21-23,27H,14-18H2,1-3H3/t21?,22-,23-/m1/s1. The van der Waals surface area contributed by atoms with E-state index in [1.807, 2.05) is 81.4 Å². The summed E-state index contributed by atoms with van der Waals surface area (Å²) in [4.78, 5) is 14.3. The number of benzene rings is 2. The molecule has 2 aromatic rings. The smallest absolute Gasteiger partial charge is 0.410 e. The topological polar surface area (TPSA) is 68.2 Å². The Labute approximate surface area is 184 Å². The highest BCUT2D eigenvalue weighted by atomic mass is 16.6. The molecule has 1 saturated heterocycles. The Hall–Kier alpha value is -2.41. The lowest BCUT2D eigenvalue weighted by atomic mass is 9.92. The molecule has 2 aromatic carbocycles. The normalized spacial score (nSPS) is 21.7. The molecule has 1 aliphatic heterocycles. The largest absolute Gasteiger partial charge is 0.444 e. The number of carbonyl (C=O) groups excluding carboxylic acids is 1. The van der Waals surface area contributed by atoms with E-state index in [2.05, 4.69) is 0 Å². The highest BCUT2D eigenvalue weighted by Gasteiger charge is 2.41. The minimum Gasteiger partial charge on any atom is -0.444 e. The summed E-state index contributed by atoms with van der Waals surface area (Å²) in [6, 6.07) is 19.8. The predicted molar refractivity (Wildman–Crippen MR) is 118 cm³/mol. The number of carbonyl (C=O) groups is 1. The molecule has 0 aromatic heterocycles. The first-order valence-electron chi connectivity index (χ1n) is 10.8. The van der Waals surface area contributed by atoms with Gasteiger partial charge in [0.05, 0.1) is 32.5 Å². The summed E-state index contributed by atoms with van der Waals surface area (Å²) in [6.07, 6.45) is -1.13. The molecule has 0 bridgehead atoms.